The van der Waals surface area contributed by atoms with Crippen molar-refractivity contribution in [1.29, 1.82) is 0 Å². The van der Waals surface area contributed by atoms with E-state index >= 15 is 0 Å². The number of carbonyl (C=O) groups is 1. The molecule has 0 radical (unpaired) electrons. The lowest BCUT2D eigenvalue weighted by atomic mass is 10.0. The summed E-state index contributed by atoms with van der Waals surface area (Å²) in [4.78, 5) is 11.7. The quantitative estimate of drug-likeness (QED) is 0.799. The Morgan fingerprint density at radius 2 is 1.89 bits per heavy atom. The lowest BCUT2D eigenvalue weighted by Gasteiger charge is -2.10. The van der Waals surface area contributed by atoms with Gasteiger partial charge in [-0.25, -0.2) is 8.42 Å². The number of hydrogen-bond acceptors (Lipinski definition) is 4. The largest absolute Gasteiger partial charge is 0.321 e. The Morgan fingerprint density at radius 1 is 1.28 bits per heavy atom. The molecule has 0 amide bonds. The van der Waals surface area contributed by atoms with Gasteiger partial charge in [0.05, 0.1) is 11.8 Å². The van der Waals surface area contributed by atoms with Crippen molar-refractivity contribution in [3.63, 3.8) is 0 Å². The predicted octanol–water partition coefficient (Wildman–Crippen LogP) is 0.950. The van der Waals surface area contributed by atoms with Crippen molar-refractivity contribution in [2.75, 3.05) is 11.5 Å². The molecule has 0 saturated carbocycles. The number of sulfone groups is 1. The molecular weight excluding hydrogens is 250 g/mol. The molecule has 0 aromatic heterocycles. The molecule has 0 fully saturated rings. The van der Waals surface area contributed by atoms with Crippen LogP contribution in [0.1, 0.15) is 18.9 Å². The molecule has 5 heteroatoms. The van der Waals surface area contributed by atoms with Gasteiger partial charge in [-0.05, 0) is 12.0 Å². The summed E-state index contributed by atoms with van der Waals surface area (Å²) < 4.78 is 22.6. The molecule has 18 heavy (non-hydrogen) atoms. The van der Waals surface area contributed by atoms with Gasteiger partial charge in [0.25, 0.3) is 0 Å². The second-order valence-electron chi connectivity index (χ2n) is 4.25. The van der Waals surface area contributed by atoms with Gasteiger partial charge < -0.3 is 5.73 Å². The van der Waals surface area contributed by atoms with Crippen molar-refractivity contribution in [3.8, 4) is 0 Å². The van der Waals surface area contributed by atoms with Crippen molar-refractivity contribution in [1.82, 2.24) is 0 Å². The fourth-order valence-corrected chi connectivity index (χ4v) is 2.37. The zero-order valence-corrected chi connectivity index (χ0v) is 11.3. The highest BCUT2D eigenvalue weighted by atomic mass is 32.2. The number of rotatable bonds is 7. The fraction of sp³-hybridized carbons (Fsp3) is 0.462. The van der Waals surface area contributed by atoms with E-state index in [0.29, 0.717) is 6.42 Å². The summed E-state index contributed by atoms with van der Waals surface area (Å²) >= 11 is 0. The Kier molecular flexibility index (Phi) is 5.50. The monoisotopic (exact) mass is 269 g/mol. The third kappa shape index (κ3) is 4.98. The van der Waals surface area contributed by atoms with Crippen LogP contribution in [0.15, 0.2) is 30.3 Å². The molecule has 0 saturated heterocycles. The lowest BCUT2D eigenvalue weighted by molar-refractivity contribution is -0.119. The highest BCUT2D eigenvalue weighted by Crippen LogP contribution is 2.05. The van der Waals surface area contributed by atoms with Crippen molar-refractivity contribution in [2.24, 2.45) is 5.73 Å². The minimum Gasteiger partial charge on any atom is -0.321 e. The Hall–Kier alpha value is -1.20. The average Bonchev–Trinajstić information content (AvgIpc) is 2.37. The first kappa shape index (κ1) is 14.9. The van der Waals surface area contributed by atoms with Gasteiger partial charge in [-0.15, -0.1) is 0 Å². The topological polar surface area (TPSA) is 77.2 Å². The van der Waals surface area contributed by atoms with Crippen LogP contribution in [-0.2, 0) is 21.1 Å². The van der Waals surface area contributed by atoms with Crippen LogP contribution in [0, 0.1) is 0 Å². The molecule has 1 aromatic carbocycles. The van der Waals surface area contributed by atoms with Gasteiger partial charge in [-0.1, -0.05) is 37.3 Å². The smallest absolute Gasteiger partial charge is 0.150 e. The standard InChI is InChI=1S/C13H19NO3S/c1-2-18(16,17)9-8-13(15)12(14)10-11-6-4-3-5-7-11/h3-7,12H,2,8-10,14H2,1H3. The van der Waals surface area contributed by atoms with E-state index < -0.39 is 15.9 Å². The van der Waals surface area contributed by atoms with E-state index in [2.05, 4.69) is 0 Å². The summed E-state index contributed by atoms with van der Waals surface area (Å²) in [7, 11) is -3.10. The van der Waals surface area contributed by atoms with E-state index in [1.807, 2.05) is 30.3 Å². The van der Waals surface area contributed by atoms with Crippen LogP contribution in [0.5, 0.6) is 0 Å². The summed E-state index contributed by atoms with van der Waals surface area (Å²) in [6.07, 6.45) is 0.454. The van der Waals surface area contributed by atoms with Crippen LogP contribution in [0.25, 0.3) is 0 Å². The lowest BCUT2D eigenvalue weighted by Crippen LogP contribution is -2.34. The Labute approximate surface area is 108 Å². The van der Waals surface area contributed by atoms with Crippen molar-refractivity contribution < 1.29 is 13.2 Å². The number of benzene rings is 1. The third-order valence-corrected chi connectivity index (χ3v) is 4.52. The molecule has 1 rings (SSSR count). The maximum Gasteiger partial charge on any atom is 0.150 e. The zero-order valence-electron chi connectivity index (χ0n) is 10.5. The first-order valence-electron chi connectivity index (χ1n) is 5.97. The molecule has 1 aromatic rings. The normalized spacial score (nSPS) is 13.2. The minimum atomic E-state index is -3.10. The van der Waals surface area contributed by atoms with E-state index in [0.717, 1.165) is 5.56 Å². The van der Waals surface area contributed by atoms with Gasteiger partial charge >= 0.3 is 0 Å². The van der Waals surface area contributed by atoms with Crippen molar-refractivity contribution in [3.05, 3.63) is 35.9 Å². The number of nitrogens with two attached hydrogens (primary N) is 1. The third-order valence-electron chi connectivity index (χ3n) is 2.81. The predicted molar refractivity (Wildman–Crippen MR) is 72.1 cm³/mol. The molecule has 0 heterocycles. The second kappa shape index (κ2) is 6.66. The molecule has 100 valence electrons. The Bertz CT molecular complexity index is 482. The molecule has 1 unspecified atom stereocenters. The summed E-state index contributed by atoms with van der Waals surface area (Å²) in [5, 5.41) is 0. The van der Waals surface area contributed by atoms with Crippen LogP contribution in [0.3, 0.4) is 0 Å². The highest BCUT2D eigenvalue weighted by molar-refractivity contribution is 7.91. The maximum atomic E-state index is 11.7. The van der Waals surface area contributed by atoms with Gasteiger partial charge in [0.15, 0.2) is 5.78 Å². The van der Waals surface area contributed by atoms with E-state index in [-0.39, 0.29) is 23.7 Å². The maximum absolute atomic E-state index is 11.7. The van der Waals surface area contributed by atoms with Crippen molar-refractivity contribution in [2.45, 2.75) is 25.8 Å². The van der Waals surface area contributed by atoms with Crippen molar-refractivity contribution >= 4 is 15.6 Å². The van der Waals surface area contributed by atoms with Gasteiger partial charge in [0.1, 0.15) is 9.84 Å². The molecule has 2 N–H and O–H groups in total. The van der Waals surface area contributed by atoms with Gasteiger partial charge in [-0.3, -0.25) is 4.79 Å². The summed E-state index contributed by atoms with van der Waals surface area (Å²) in [5.41, 5.74) is 6.76. The summed E-state index contributed by atoms with van der Waals surface area (Å²) in [6, 6.07) is 8.83. The van der Waals surface area contributed by atoms with Gasteiger partial charge in [-0.2, -0.15) is 0 Å². The van der Waals surface area contributed by atoms with E-state index in [1.54, 1.807) is 6.92 Å². The number of hydrogen-bond donors (Lipinski definition) is 1. The minimum absolute atomic E-state index is 0.00414. The zero-order chi connectivity index (χ0) is 13.6. The second-order valence-corrected chi connectivity index (χ2v) is 6.72. The number of carbonyl (C=O) groups excluding carboxylic acids is 1. The van der Waals surface area contributed by atoms with E-state index in [1.165, 1.54) is 0 Å². The van der Waals surface area contributed by atoms with Gasteiger partial charge in [0.2, 0.25) is 0 Å². The molecule has 0 aliphatic heterocycles. The number of Topliss-reactive ketones (excluding diaryl/α,β-unsaturated/α-hetero) is 1. The van der Waals surface area contributed by atoms with Gasteiger partial charge in [0, 0.05) is 12.2 Å². The Morgan fingerprint density at radius 3 is 2.44 bits per heavy atom. The highest BCUT2D eigenvalue weighted by Gasteiger charge is 2.17. The first-order valence-corrected chi connectivity index (χ1v) is 7.79. The molecule has 0 aliphatic carbocycles. The molecule has 0 aliphatic rings. The van der Waals surface area contributed by atoms with Crippen LogP contribution in [0.4, 0.5) is 0 Å². The molecular formula is C13H19NO3S. The first-order chi connectivity index (χ1) is 8.44. The van der Waals surface area contributed by atoms with E-state index in [4.69, 9.17) is 5.73 Å². The van der Waals surface area contributed by atoms with Crippen LogP contribution < -0.4 is 5.73 Å². The van der Waals surface area contributed by atoms with Crippen LogP contribution in [-0.4, -0.2) is 31.7 Å². The number of ketones is 1. The van der Waals surface area contributed by atoms with Crippen LogP contribution in [0.2, 0.25) is 0 Å². The summed E-state index contributed by atoms with van der Waals surface area (Å²) in [5.74, 6) is -0.241. The summed E-state index contributed by atoms with van der Waals surface area (Å²) in [6.45, 7) is 1.57. The Balaban J connectivity index is 2.48. The average molecular weight is 269 g/mol. The molecule has 0 spiro atoms. The molecule has 4 nitrogen and oxygen atoms in total. The fourth-order valence-electron chi connectivity index (χ4n) is 1.57. The SMILES string of the molecule is CCS(=O)(=O)CCC(=O)C(N)Cc1ccccc1. The van der Waals surface area contributed by atoms with Crippen LogP contribution >= 0.6 is 0 Å². The molecule has 1 atom stereocenters. The van der Waals surface area contributed by atoms with E-state index in [9.17, 15) is 13.2 Å². The molecule has 0 bridgehead atoms.